The molecule has 0 unspecified atom stereocenters. The van der Waals surface area contributed by atoms with Gasteiger partial charge in [-0.3, -0.25) is 4.79 Å². The molecule has 35 heavy (non-hydrogen) atoms. The summed E-state index contributed by atoms with van der Waals surface area (Å²) in [4.78, 5) is 21.0. The number of anilines is 2. The highest BCUT2D eigenvalue weighted by Gasteiger charge is 2.39. The molecular weight excluding hydrogens is 454 g/mol. The number of benzene rings is 2. The summed E-state index contributed by atoms with van der Waals surface area (Å²) in [5.74, 6) is 0.00440. The van der Waals surface area contributed by atoms with Crippen LogP contribution < -0.4 is 20.9 Å². The van der Waals surface area contributed by atoms with E-state index in [9.17, 15) is 4.79 Å². The molecule has 6 nitrogen and oxygen atoms in total. The first-order chi connectivity index (χ1) is 17.1. The molecule has 1 atom stereocenters. The predicted molar refractivity (Wildman–Crippen MR) is 145 cm³/mol. The van der Waals surface area contributed by atoms with Gasteiger partial charge in [-0.1, -0.05) is 12.1 Å². The minimum absolute atomic E-state index is 0.00440. The third-order valence-corrected chi connectivity index (χ3v) is 9.20. The third kappa shape index (κ3) is 3.48. The van der Waals surface area contributed by atoms with Gasteiger partial charge in [0, 0.05) is 65.5 Å². The maximum atomic E-state index is 12.7. The first-order valence-electron chi connectivity index (χ1n) is 12.6. The van der Waals surface area contributed by atoms with Crippen LogP contribution in [-0.4, -0.2) is 49.7 Å². The molecule has 1 amide bonds. The van der Waals surface area contributed by atoms with E-state index < -0.39 is 0 Å². The van der Waals surface area contributed by atoms with Crippen molar-refractivity contribution in [3.8, 4) is 11.3 Å². The summed E-state index contributed by atoms with van der Waals surface area (Å²) in [5, 5.41) is 12.2. The number of carbonyl (C=O) groups is 1. The van der Waals surface area contributed by atoms with Crippen molar-refractivity contribution in [3.05, 3.63) is 53.4 Å². The smallest absolute Gasteiger partial charge is 0.263 e. The van der Waals surface area contributed by atoms with Crippen LogP contribution in [0, 0.1) is 5.41 Å². The Morgan fingerprint density at radius 2 is 1.83 bits per heavy atom. The second-order valence-corrected chi connectivity index (χ2v) is 11.5. The number of pyridine rings is 1. The molecule has 3 N–H and O–H groups in total. The average Bonchev–Trinajstić information content (AvgIpc) is 3.19. The van der Waals surface area contributed by atoms with Crippen molar-refractivity contribution < 1.29 is 4.79 Å². The fourth-order valence-corrected chi connectivity index (χ4v) is 6.90. The summed E-state index contributed by atoms with van der Waals surface area (Å²) in [6, 6.07) is 17.4. The van der Waals surface area contributed by atoms with Crippen LogP contribution >= 0.6 is 11.3 Å². The van der Waals surface area contributed by atoms with Crippen molar-refractivity contribution in [2.75, 3.05) is 42.9 Å². The Kier molecular flexibility index (Phi) is 4.79. The summed E-state index contributed by atoms with van der Waals surface area (Å²) in [5.41, 5.74) is 5.87. The minimum atomic E-state index is 0.00440. The zero-order chi connectivity index (χ0) is 23.6. The number of rotatable bonds is 2. The summed E-state index contributed by atoms with van der Waals surface area (Å²) in [7, 11) is 0. The highest BCUT2D eigenvalue weighted by molar-refractivity contribution is 7.21. The van der Waals surface area contributed by atoms with Gasteiger partial charge < -0.3 is 20.9 Å². The first-order valence-corrected chi connectivity index (χ1v) is 13.4. The van der Waals surface area contributed by atoms with Gasteiger partial charge in [-0.05, 0) is 61.6 Å². The number of amides is 1. The number of carbonyl (C=O) groups excluding carboxylic acids is 1. The van der Waals surface area contributed by atoms with Gasteiger partial charge in [0.15, 0.2) is 0 Å². The van der Waals surface area contributed by atoms with E-state index in [1.54, 1.807) is 11.3 Å². The molecule has 3 aliphatic rings. The number of aromatic nitrogens is 1. The zero-order valence-corrected chi connectivity index (χ0v) is 20.7. The molecule has 2 saturated heterocycles. The van der Waals surface area contributed by atoms with Crippen molar-refractivity contribution in [1.29, 1.82) is 0 Å². The van der Waals surface area contributed by atoms with Crippen molar-refractivity contribution in [3.63, 3.8) is 0 Å². The SMILES string of the molecule is C[C@@H]1CNc2c(sc3ccc4nc(-c5ccc(N6CCC7(CC6)CNC7)cc5)ccc4c23)C(=O)N1. The van der Waals surface area contributed by atoms with Crippen LogP contribution in [0.5, 0.6) is 0 Å². The number of hydrogen-bond donors (Lipinski definition) is 3. The predicted octanol–water partition coefficient (Wildman–Crippen LogP) is 4.85. The standard InChI is InChI=1S/C28H29N5OS/c1-17-14-30-25-24-20-6-7-21(32-22(20)8-9-23(24)35-26(25)27(34)31-17)18-2-4-19(5-3-18)33-12-10-28(11-13-33)15-29-16-28/h2-9,17,29-30H,10-16H2,1H3,(H,31,34)/t17-/m1/s1. The van der Waals surface area contributed by atoms with Gasteiger partial charge >= 0.3 is 0 Å². The van der Waals surface area contributed by atoms with E-state index in [1.807, 2.05) is 6.92 Å². The van der Waals surface area contributed by atoms with E-state index in [2.05, 4.69) is 69.4 Å². The molecule has 7 heteroatoms. The molecule has 7 rings (SSSR count). The highest BCUT2D eigenvalue weighted by Crippen LogP contribution is 2.41. The monoisotopic (exact) mass is 483 g/mol. The van der Waals surface area contributed by atoms with Crippen LogP contribution in [-0.2, 0) is 0 Å². The number of piperidine rings is 1. The van der Waals surface area contributed by atoms with Crippen LogP contribution in [0.4, 0.5) is 11.4 Å². The van der Waals surface area contributed by atoms with Gasteiger partial charge in [0.1, 0.15) is 4.88 Å². The van der Waals surface area contributed by atoms with Crippen molar-refractivity contribution >= 4 is 49.6 Å². The van der Waals surface area contributed by atoms with Gasteiger partial charge in [0.25, 0.3) is 5.91 Å². The fourth-order valence-electron chi connectivity index (χ4n) is 5.80. The molecule has 2 fully saturated rings. The van der Waals surface area contributed by atoms with Crippen molar-refractivity contribution in [2.24, 2.45) is 5.41 Å². The quantitative estimate of drug-likeness (QED) is 0.380. The molecule has 5 heterocycles. The van der Waals surface area contributed by atoms with Crippen LogP contribution in [0.25, 0.3) is 32.2 Å². The van der Waals surface area contributed by atoms with E-state index in [1.165, 1.54) is 31.6 Å². The number of nitrogens with one attached hydrogen (secondary N) is 3. The van der Waals surface area contributed by atoms with E-state index >= 15 is 0 Å². The van der Waals surface area contributed by atoms with Gasteiger partial charge in [-0.25, -0.2) is 4.98 Å². The molecule has 0 bridgehead atoms. The maximum absolute atomic E-state index is 12.7. The van der Waals surface area contributed by atoms with Crippen LogP contribution in [0.15, 0.2) is 48.5 Å². The molecule has 0 saturated carbocycles. The van der Waals surface area contributed by atoms with Gasteiger partial charge in [0.05, 0.1) is 16.9 Å². The topological polar surface area (TPSA) is 69.3 Å². The molecule has 178 valence electrons. The first kappa shape index (κ1) is 21.1. The zero-order valence-electron chi connectivity index (χ0n) is 19.9. The van der Waals surface area contributed by atoms with Gasteiger partial charge in [-0.2, -0.15) is 0 Å². The molecule has 1 spiro atoms. The molecule has 4 aromatic rings. The largest absolute Gasteiger partial charge is 0.381 e. The second-order valence-electron chi connectivity index (χ2n) is 10.4. The number of nitrogens with zero attached hydrogens (tertiary/aromatic N) is 2. The third-order valence-electron chi connectivity index (χ3n) is 8.04. The maximum Gasteiger partial charge on any atom is 0.263 e. The van der Waals surface area contributed by atoms with E-state index in [-0.39, 0.29) is 11.9 Å². The lowest BCUT2D eigenvalue weighted by molar-refractivity contribution is 0.0949. The molecule has 0 radical (unpaired) electrons. The normalized spacial score (nSPS) is 21.3. The van der Waals surface area contributed by atoms with Crippen LogP contribution in [0.3, 0.4) is 0 Å². The van der Waals surface area contributed by atoms with Gasteiger partial charge in [-0.15, -0.1) is 11.3 Å². The van der Waals surface area contributed by atoms with Gasteiger partial charge in [0.2, 0.25) is 0 Å². The van der Waals surface area contributed by atoms with E-state index in [4.69, 9.17) is 4.98 Å². The average molecular weight is 484 g/mol. The molecule has 0 aliphatic carbocycles. The van der Waals surface area contributed by atoms with E-state index in [0.717, 1.165) is 55.9 Å². The molecule has 2 aromatic carbocycles. The summed E-state index contributed by atoms with van der Waals surface area (Å²) in [6.07, 6.45) is 2.56. The second kappa shape index (κ2) is 7.93. The highest BCUT2D eigenvalue weighted by atomic mass is 32.1. The fraction of sp³-hybridized carbons (Fsp3) is 0.357. The Bertz CT molecular complexity index is 1450. The van der Waals surface area contributed by atoms with Crippen LogP contribution in [0.1, 0.15) is 29.4 Å². The lowest BCUT2D eigenvalue weighted by Crippen LogP contribution is -2.58. The summed E-state index contributed by atoms with van der Waals surface area (Å²) >= 11 is 1.55. The molecular formula is C28H29N5OS. The Labute approximate surface area is 208 Å². The summed E-state index contributed by atoms with van der Waals surface area (Å²) < 4.78 is 1.11. The van der Waals surface area contributed by atoms with Crippen molar-refractivity contribution in [1.82, 2.24) is 15.6 Å². The Morgan fingerprint density at radius 3 is 2.57 bits per heavy atom. The number of fused-ring (bicyclic) bond motifs is 5. The molecule has 3 aliphatic heterocycles. The number of hydrogen-bond acceptors (Lipinski definition) is 6. The molecule has 2 aromatic heterocycles. The Hall–Kier alpha value is -3.16. The summed E-state index contributed by atoms with van der Waals surface area (Å²) in [6.45, 7) is 7.40. The number of thiophene rings is 1. The Morgan fingerprint density at radius 1 is 1.03 bits per heavy atom. The van der Waals surface area contributed by atoms with Crippen molar-refractivity contribution in [2.45, 2.75) is 25.8 Å². The van der Waals surface area contributed by atoms with E-state index in [0.29, 0.717) is 12.0 Å². The Balaban J connectivity index is 1.19. The van der Waals surface area contributed by atoms with Crippen LogP contribution in [0.2, 0.25) is 0 Å². The lowest BCUT2D eigenvalue weighted by atomic mass is 9.73. The lowest BCUT2D eigenvalue weighted by Gasteiger charge is -2.49. The minimum Gasteiger partial charge on any atom is -0.381 e.